The van der Waals surface area contributed by atoms with Crippen LogP contribution in [0.15, 0.2) is 0 Å². The Kier molecular flexibility index (Phi) is 6.45. The van der Waals surface area contributed by atoms with Crippen molar-refractivity contribution in [2.45, 2.75) is 71.8 Å². The molecular formula is C14H29NO2. The molecule has 0 radical (unpaired) electrons. The summed E-state index contributed by atoms with van der Waals surface area (Å²) in [4.78, 5) is 0. The summed E-state index contributed by atoms with van der Waals surface area (Å²) in [6, 6.07) is 0.482. The molecule has 1 rings (SSSR count). The summed E-state index contributed by atoms with van der Waals surface area (Å²) in [5.41, 5.74) is 0. The lowest BCUT2D eigenvalue weighted by Gasteiger charge is -2.45. The minimum absolute atomic E-state index is 0.246. The van der Waals surface area contributed by atoms with Gasteiger partial charge in [-0.15, -0.1) is 0 Å². The van der Waals surface area contributed by atoms with Gasteiger partial charge in [-0.3, -0.25) is 0 Å². The fraction of sp³-hybridized carbons (Fsp3) is 1.00. The van der Waals surface area contributed by atoms with Crippen molar-refractivity contribution in [3.8, 4) is 0 Å². The second-order valence-corrected chi connectivity index (χ2v) is 5.36. The van der Waals surface area contributed by atoms with E-state index >= 15 is 0 Å². The van der Waals surface area contributed by atoms with Crippen molar-refractivity contribution >= 4 is 0 Å². The Labute approximate surface area is 106 Å². The number of likely N-dealkylation sites (N-methyl/N-ethyl adjacent to an activating group) is 1. The van der Waals surface area contributed by atoms with Crippen molar-refractivity contribution in [3.63, 3.8) is 0 Å². The maximum atomic E-state index is 6.07. The Morgan fingerprint density at radius 3 is 2.47 bits per heavy atom. The molecule has 0 aliphatic heterocycles. The van der Waals surface area contributed by atoms with Crippen molar-refractivity contribution in [1.29, 1.82) is 0 Å². The van der Waals surface area contributed by atoms with Gasteiger partial charge in [-0.25, -0.2) is 0 Å². The first-order chi connectivity index (χ1) is 8.10. The molecule has 0 saturated heterocycles. The zero-order valence-corrected chi connectivity index (χ0v) is 12.0. The highest BCUT2D eigenvalue weighted by atomic mass is 16.6. The first-order valence-corrected chi connectivity index (χ1v) is 7.10. The standard InChI is InChI=1S/C14H29NO2/c1-6-8-16-14-12(15-7-2)9-13(14)17-11(5)10(3)4/h10-15H,6-9H2,1-5H3. The van der Waals surface area contributed by atoms with Gasteiger partial charge in [0.2, 0.25) is 0 Å². The van der Waals surface area contributed by atoms with Gasteiger partial charge < -0.3 is 14.8 Å². The van der Waals surface area contributed by atoms with E-state index in [4.69, 9.17) is 9.47 Å². The lowest BCUT2D eigenvalue weighted by atomic mass is 9.84. The van der Waals surface area contributed by atoms with Crippen LogP contribution in [-0.2, 0) is 9.47 Å². The van der Waals surface area contributed by atoms with Crippen LogP contribution in [0.1, 0.15) is 47.5 Å². The topological polar surface area (TPSA) is 30.5 Å². The van der Waals surface area contributed by atoms with Crippen molar-refractivity contribution in [1.82, 2.24) is 5.32 Å². The number of rotatable bonds is 8. The van der Waals surface area contributed by atoms with Crippen molar-refractivity contribution in [3.05, 3.63) is 0 Å². The average Bonchev–Trinajstić information content (AvgIpc) is 2.27. The molecule has 1 fully saturated rings. The van der Waals surface area contributed by atoms with E-state index in [0.29, 0.717) is 18.1 Å². The van der Waals surface area contributed by atoms with Crippen molar-refractivity contribution in [2.24, 2.45) is 5.92 Å². The highest BCUT2D eigenvalue weighted by Gasteiger charge is 2.43. The van der Waals surface area contributed by atoms with Crippen LogP contribution in [0.2, 0.25) is 0 Å². The molecule has 4 unspecified atom stereocenters. The Morgan fingerprint density at radius 2 is 1.94 bits per heavy atom. The summed E-state index contributed by atoms with van der Waals surface area (Å²) < 4.78 is 12.0. The van der Waals surface area contributed by atoms with Gasteiger partial charge in [0.15, 0.2) is 0 Å². The first-order valence-electron chi connectivity index (χ1n) is 7.10. The Morgan fingerprint density at radius 1 is 1.24 bits per heavy atom. The van der Waals surface area contributed by atoms with Crippen LogP contribution in [0, 0.1) is 5.92 Å². The lowest BCUT2D eigenvalue weighted by molar-refractivity contribution is -0.171. The van der Waals surface area contributed by atoms with Crippen LogP contribution in [0.25, 0.3) is 0 Å². The molecule has 3 heteroatoms. The zero-order chi connectivity index (χ0) is 12.8. The Balaban J connectivity index is 2.38. The summed E-state index contributed by atoms with van der Waals surface area (Å²) in [5, 5.41) is 3.47. The minimum Gasteiger partial charge on any atom is -0.374 e. The maximum Gasteiger partial charge on any atom is 0.0990 e. The molecule has 0 heterocycles. The lowest BCUT2D eigenvalue weighted by Crippen LogP contribution is -2.60. The molecule has 3 nitrogen and oxygen atoms in total. The van der Waals surface area contributed by atoms with Gasteiger partial charge in [0.1, 0.15) is 0 Å². The van der Waals surface area contributed by atoms with Gasteiger partial charge in [0.05, 0.1) is 18.3 Å². The minimum atomic E-state index is 0.246. The fourth-order valence-electron chi connectivity index (χ4n) is 2.09. The molecule has 0 aromatic heterocycles. The first kappa shape index (κ1) is 14.9. The molecule has 1 N–H and O–H groups in total. The molecule has 17 heavy (non-hydrogen) atoms. The quantitative estimate of drug-likeness (QED) is 0.711. The number of nitrogens with one attached hydrogen (secondary N) is 1. The van der Waals surface area contributed by atoms with E-state index in [0.717, 1.165) is 26.0 Å². The summed E-state index contributed by atoms with van der Waals surface area (Å²) in [6.07, 6.45) is 3.00. The van der Waals surface area contributed by atoms with Gasteiger partial charge in [-0.05, 0) is 32.2 Å². The van der Waals surface area contributed by atoms with Crippen LogP contribution in [0.3, 0.4) is 0 Å². The van der Waals surface area contributed by atoms with Crippen molar-refractivity contribution in [2.75, 3.05) is 13.2 Å². The summed E-state index contributed by atoms with van der Waals surface area (Å²) >= 11 is 0. The van der Waals surface area contributed by atoms with Gasteiger partial charge >= 0.3 is 0 Å². The predicted molar refractivity (Wildman–Crippen MR) is 71.3 cm³/mol. The van der Waals surface area contributed by atoms with Crippen molar-refractivity contribution < 1.29 is 9.47 Å². The highest BCUT2D eigenvalue weighted by molar-refractivity contribution is 4.97. The van der Waals surface area contributed by atoms with Crippen LogP contribution in [0.5, 0.6) is 0 Å². The molecule has 0 spiro atoms. The number of hydrogen-bond donors (Lipinski definition) is 1. The smallest absolute Gasteiger partial charge is 0.0990 e. The van der Waals surface area contributed by atoms with E-state index in [2.05, 4.69) is 39.9 Å². The molecule has 1 aliphatic carbocycles. The molecule has 1 aliphatic rings. The van der Waals surface area contributed by atoms with Crippen LogP contribution in [0.4, 0.5) is 0 Å². The predicted octanol–water partition coefficient (Wildman–Crippen LogP) is 2.59. The molecule has 1 saturated carbocycles. The third kappa shape index (κ3) is 4.23. The van der Waals surface area contributed by atoms with Crippen LogP contribution >= 0.6 is 0 Å². The molecule has 0 aromatic carbocycles. The van der Waals surface area contributed by atoms with E-state index in [1.54, 1.807) is 0 Å². The zero-order valence-electron chi connectivity index (χ0n) is 12.0. The number of ether oxygens (including phenoxy) is 2. The molecule has 102 valence electrons. The second kappa shape index (κ2) is 7.34. The van der Waals surface area contributed by atoms with E-state index in [9.17, 15) is 0 Å². The summed E-state index contributed by atoms with van der Waals surface area (Å²) in [6.45, 7) is 12.7. The Hall–Kier alpha value is -0.120. The Bertz CT molecular complexity index is 208. The SMILES string of the molecule is CCCOC1C(NCC)CC1OC(C)C(C)C. The monoisotopic (exact) mass is 243 g/mol. The molecule has 4 atom stereocenters. The van der Waals surface area contributed by atoms with E-state index in [1.165, 1.54) is 0 Å². The third-order valence-electron chi connectivity index (χ3n) is 3.56. The van der Waals surface area contributed by atoms with Gasteiger partial charge in [-0.1, -0.05) is 27.7 Å². The maximum absolute atomic E-state index is 6.07. The second-order valence-electron chi connectivity index (χ2n) is 5.36. The number of hydrogen-bond acceptors (Lipinski definition) is 3. The summed E-state index contributed by atoms with van der Waals surface area (Å²) in [7, 11) is 0. The summed E-state index contributed by atoms with van der Waals surface area (Å²) in [5.74, 6) is 0.569. The molecule has 0 bridgehead atoms. The van der Waals surface area contributed by atoms with Crippen LogP contribution < -0.4 is 5.32 Å². The van der Waals surface area contributed by atoms with Gasteiger partial charge in [0, 0.05) is 12.6 Å². The molecular weight excluding hydrogens is 214 g/mol. The van der Waals surface area contributed by atoms with E-state index < -0.39 is 0 Å². The normalized spacial score (nSPS) is 30.4. The van der Waals surface area contributed by atoms with E-state index in [1.807, 2.05) is 0 Å². The van der Waals surface area contributed by atoms with Gasteiger partial charge in [0.25, 0.3) is 0 Å². The average molecular weight is 243 g/mol. The molecule has 0 amide bonds. The van der Waals surface area contributed by atoms with Crippen LogP contribution in [-0.4, -0.2) is 37.5 Å². The van der Waals surface area contributed by atoms with E-state index in [-0.39, 0.29) is 12.2 Å². The largest absolute Gasteiger partial charge is 0.374 e. The van der Waals surface area contributed by atoms with Gasteiger partial charge in [-0.2, -0.15) is 0 Å². The highest BCUT2D eigenvalue weighted by Crippen LogP contribution is 2.29. The fourth-order valence-corrected chi connectivity index (χ4v) is 2.09. The third-order valence-corrected chi connectivity index (χ3v) is 3.56. The molecule has 0 aromatic rings.